The highest BCUT2D eigenvalue weighted by atomic mass is 16.5. The van der Waals surface area contributed by atoms with Gasteiger partial charge in [0.1, 0.15) is 5.75 Å². The van der Waals surface area contributed by atoms with E-state index in [1.807, 2.05) is 48.5 Å². The zero-order chi connectivity index (χ0) is 18.4. The number of carbonyl (C=O) groups is 1. The lowest BCUT2D eigenvalue weighted by Crippen LogP contribution is -2.28. The highest BCUT2D eigenvalue weighted by Gasteiger charge is 2.17. The van der Waals surface area contributed by atoms with Gasteiger partial charge in [-0.15, -0.1) is 0 Å². The number of amides is 1. The predicted molar refractivity (Wildman–Crippen MR) is 102 cm³/mol. The highest BCUT2D eigenvalue weighted by Crippen LogP contribution is 2.28. The molecule has 0 saturated heterocycles. The van der Waals surface area contributed by atoms with E-state index in [9.17, 15) is 4.79 Å². The van der Waals surface area contributed by atoms with Crippen LogP contribution >= 0.6 is 0 Å². The Hall–Kier alpha value is -3.19. The van der Waals surface area contributed by atoms with Crippen LogP contribution in [0.3, 0.4) is 0 Å². The summed E-state index contributed by atoms with van der Waals surface area (Å²) < 4.78 is 5.36. The summed E-state index contributed by atoms with van der Waals surface area (Å²) in [5, 5.41) is 6.00. The van der Waals surface area contributed by atoms with E-state index in [2.05, 4.69) is 20.6 Å². The van der Waals surface area contributed by atoms with Crippen molar-refractivity contribution in [3.05, 3.63) is 54.2 Å². The first-order valence-corrected chi connectivity index (χ1v) is 8.38. The van der Waals surface area contributed by atoms with Crippen LogP contribution in [0.2, 0.25) is 0 Å². The largest absolute Gasteiger partial charge is 0.495 e. The molecule has 0 bridgehead atoms. The van der Waals surface area contributed by atoms with Gasteiger partial charge in [-0.25, -0.2) is 9.97 Å². The lowest BCUT2D eigenvalue weighted by molar-refractivity contribution is 0.0949. The van der Waals surface area contributed by atoms with Gasteiger partial charge in [0, 0.05) is 6.54 Å². The lowest BCUT2D eigenvalue weighted by atomic mass is 10.2. The first-order chi connectivity index (χ1) is 12.7. The van der Waals surface area contributed by atoms with Crippen molar-refractivity contribution < 1.29 is 9.53 Å². The molecule has 1 aromatic heterocycles. The maximum atomic E-state index is 12.6. The maximum Gasteiger partial charge on any atom is 0.273 e. The molecule has 0 saturated carbocycles. The fourth-order valence-corrected chi connectivity index (χ4v) is 2.51. The van der Waals surface area contributed by atoms with Crippen LogP contribution in [0.5, 0.6) is 5.75 Å². The number of aromatic nitrogens is 2. The molecule has 1 amide bonds. The summed E-state index contributed by atoms with van der Waals surface area (Å²) in [6.45, 7) is 0.994. The van der Waals surface area contributed by atoms with E-state index in [1.54, 1.807) is 7.11 Å². The minimum absolute atomic E-state index is 0.228. The van der Waals surface area contributed by atoms with Gasteiger partial charge in [0.2, 0.25) is 0 Å². The zero-order valence-corrected chi connectivity index (χ0v) is 14.5. The van der Waals surface area contributed by atoms with Gasteiger partial charge in [-0.05, 0) is 37.2 Å². The van der Waals surface area contributed by atoms with Gasteiger partial charge in [-0.1, -0.05) is 24.3 Å². The zero-order valence-electron chi connectivity index (χ0n) is 14.5. The third-order valence-corrected chi connectivity index (χ3v) is 3.81. The number of para-hydroxylation sites is 4. The Morgan fingerprint density at radius 1 is 1.08 bits per heavy atom. The summed E-state index contributed by atoms with van der Waals surface area (Å²) in [5.74, 6) is 0.726. The number of carbonyl (C=O) groups excluding carboxylic acids is 1. The molecule has 0 spiro atoms. The predicted octanol–water partition coefficient (Wildman–Crippen LogP) is 2.46. The molecule has 0 aliphatic rings. The first kappa shape index (κ1) is 17.6. The number of nitrogens with one attached hydrogen (secondary N) is 2. The van der Waals surface area contributed by atoms with Crippen molar-refractivity contribution in [2.75, 3.05) is 25.5 Å². The second kappa shape index (κ2) is 8.26. The Labute approximate surface area is 151 Å². The Morgan fingerprint density at radius 2 is 1.77 bits per heavy atom. The first-order valence-electron chi connectivity index (χ1n) is 8.38. The van der Waals surface area contributed by atoms with Gasteiger partial charge in [0.25, 0.3) is 5.91 Å². The second-order valence-electron chi connectivity index (χ2n) is 5.63. The maximum absolute atomic E-state index is 12.6. The SMILES string of the molecule is COc1ccccc1Nc1nc2ccccc2nc1C(=O)NCCCN. The normalized spacial score (nSPS) is 10.5. The van der Waals surface area contributed by atoms with Crippen molar-refractivity contribution in [2.24, 2.45) is 5.73 Å². The van der Waals surface area contributed by atoms with E-state index >= 15 is 0 Å². The number of hydrogen-bond acceptors (Lipinski definition) is 6. The van der Waals surface area contributed by atoms with E-state index in [0.717, 1.165) is 0 Å². The number of anilines is 2. The molecule has 2 aromatic carbocycles. The van der Waals surface area contributed by atoms with E-state index in [-0.39, 0.29) is 11.6 Å². The Balaban J connectivity index is 2.00. The number of ether oxygens (including phenoxy) is 1. The molecule has 3 rings (SSSR count). The fourth-order valence-electron chi connectivity index (χ4n) is 2.51. The average Bonchev–Trinajstić information content (AvgIpc) is 2.68. The van der Waals surface area contributed by atoms with Crippen molar-refractivity contribution in [1.82, 2.24) is 15.3 Å². The Morgan fingerprint density at radius 3 is 2.50 bits per heavy atom. The van der Waals surface area contributed by atoms with Crippen molar-refractivity contribution >= 4 is 28.4 Å². The van der Waals surface area contributed by atoms with E-state index < -0.39 is 0 Å². The van der Waals surface area contributed by atoms with Gasteiger partial charge < -0.3 is 21.1 Å². The van der Waals surface area contributed by atoms with Crippen LogP contribution in [-0.4, -0.2) is 36.1 Å². The van der Waals surface area contributed by atoms with Crippen LogP contribution in [0, 0.1) is 0 Å². The van der Waals surface area contributed by atoms with Crippen LogP contribution in [-0.2, 0) is 0 Å². The molecular formula is C19H21N5O2. The van der Waals surface area contributed by atoms with Crippen LogP contribution in [0.4, 0.5) is 11.5 Å². The molecule has 3 aromatic rings. The average molecular weight is 351 g/mol. The second-order valence-corrected chi connectivity index (χ2v) is 5.63. The van der Waals surface area contributed by atoms with Crippen molar-refractivity contribution in [3.8, 4) is 5.75 Å². The van der Waals surface area contributed by atoms with E-state index in [0.29, 0.717) is 47.8 Å². The third-order valence-electron chi connectivity index (χ3n) is 3.81. The summed E-state index contributed by atoms with van der Waals surface area (Å²) >= 11 is 0. The third kappa shape index (κ3) is 3.89. The Bertz CT molecular complexity index is 913. The Kier molecular flexibility index (Phi) is 5.60. The molecule has 0 aliphatic carbocycles. The molecule has 0 fully saturated rings. The van der Waals surface area contributed by atoms with Gasteiger partial charge >= 0.3 is 0 Å². The van der Waals surface area contributed by atoms with Gasteiger partial charge in [0.15, 0.2) is 11.5 Å². The highest BCUT2D eigenvalue weighted by molar-refractivity contribution is 5.99. The number of fused-ring (bicyclic) bond motifs is 1. The van der Waals surface area contributed by atoms with E-state index in [1.165, 1.54) is 0 Å². The fraction of sp³-hybridized carbons (Fsp3) is 0.211. The minimum atomic E-state index is -0.297. The van der Waals surface area contributed by atoms with Crippen LogP contribution < -0.4 is 21.1 Å². The monoisotopic (exact) mass is 351 g/mol. The number of nitrogens with zero attached hydrogens (tertiary/aromatic N) is 2. The molecule has 26 heavy (non-hydrogen) atoms. The lowest BCUT2D eigenvalue weighted by Gasteiger charge is -2.14. The van der Waals surface area contributed by atoms with Gasteiger partial charge in [0.05, 0.1) is 23.8 Å². The molecule has 0 radical (unpaired) electrons. The quantitative estimate of drug-likeness (QED) is 0.565. The van der Waals surface area contributed by atoms with Crippen molar-refractivity contribution in [3.63, 3.8) is 0 Å². The standard InChI is InChI=1S/C19H21N5O2/c1-26-16-10-5-4-9-15(16)24-18-17(19(25)21-12-6-11-20)22-13-7-2-3-8-14(13)23-18/h2-5,7-10H,6,11-12,20H2,1H3,(H,21,25)(H,23,24). The molecule has 134 valence electrons. The summed E-state index contributed by atoms with van der Waals surface area (Å²) in [4.78, 5) is 21.7. The molecule has 4 N–H and O–H groups in total. The summed E-state index contributed by atoms with van der Waals surface area (Å²) in [6, 6.07) is 14.9. The van der Waals surface area contributed by atoms with Crippen molar-refractivity contribution in [1.29, 1.82) is 0 Å². The summed E-state index contributed by atoms with van der Waals surface area (Å²) in [5.41, 5.74) is 7.77. The smallest absolute Gasteiger partial charge is 0.273 e. The summed E-state index contributed by atoms with van der Waals surface area (Å²) in [6.07, 6.45) is 0.696. The molecular weight excluding hydrogens is 330 g/mol. The molecule has 1 heterocycles. The van der Waals surface area contributed by atoms with Crippen LogP contribution in [0.15, 0.2) is 48.5 Å². The van der Waals surface area contributed by atoms with Gasteiger partial charge in [-0.2, -0.15) is 0 Å². The van der Waals surface area contributed by atoms with Crippen LogP contribution in [0.25, 0.3) is 11.0 Å². The number of rotatable bonds is 7. The molecule has 7 heteroatoms. The van der Waals surface area contributed by atoms with Gasteiger partial charge in [-0.3, -0.25) is 4.79 Å². The number of hydrogen-bond donors (Lipinski definition) is 3. The molecule has 0 atom stereocenters. The number of methoxy groups -OCH3 is 1. The van der Waals surface area contributed by atoms with Crippen LogP contribution in [0.1, 0.15) is 16.9 Å². The molecule has 7 nitrogen and oxygen atoms in total. The number of benzene rings is 2. The molecule has 0 unspecified atom stereocenters. The van der Waals surface area contributed by atoms with E-state index in [4.69, 9.17) is 10.5 Å². The summed E-state index contributed by atoms with van der Waals surface area (Å²) in [7, 11) is 1.59. The minimum Gasteiger partial charge on any atom is -0.495 e. The molecule has 0 aliphatic heterocycles. The van der Waals surface area contributed by atoms with Crippen molar-refractivity contribution in [2.45, 2.75) is 6.42 Å². The number of nitrogens with two attached hydrogens (primary N) is 1. The topological polar surface area (TPSA) is 102 Å².